The number of nitrogens with two attached hydrogens (primary N) is 1. The molecule has 1 aromatic heterocycles. The molecule has 0 spiro atoms. The summed E-state index contributed by atoms with van der Waals surface area (Å²) in [6.45, 7) is 0. The predicted octanol–water partition coefficient (Wildman–Crippen LogP) is 4.78. The molecule has 96 valence electrons. The lowest BCUT2D eigenvalue weighted by atomic mass is 10.0. The van der Waals surface area contributed by atoms with Crippen LogP contribution in [-0.2, 0) is 0 Å². The SMILES string of the molecule is Nc1nc(C2=CCCC=C2)c(-c2ccccc2Cl)s1. The second kappa shape index (κ2) is 5.19. The van der Waals surface area contributed by atoms with Crippen molar-refractivity contribution in [1.29, 1.82) is 0 Å². The quantitative estimate of drug-likeness (QED) is 0.864. The summed E-state index contributed by atoms with van der Waals surface area (Å²) < 4.78 is 0. The summed E-state index contributed by atoms with van der Waals surface area (Å²) in [5, 5.41) is 1.30. The van der Waals surface area contributed by atoms with E-state index in [2.05, 4.69) is 23.2 Å². The highest BCUT2D eigenvalue weighted by Gasteiger charge is 2.16. The third-order valence-corrected chi connectivity index (χ3v) is 4.28. The van der Waals surface area contributed by atoms with Gasteiger partial charge in [0.2, 0.25) is 0 Å². The van der Waals surface area contributed by atoms with Crippen LogP contribution in [0, 0.1) is 0 Å². The van der Waals surface area contributed by atoms with Gasteiger partial charge in [0.05, 0.1) is 10.6 Å². The first-order valence-electron chi connectivity index (χ1n) is 6.14. The summed E-state index contributed by atoms with van der Waals surface area (Å²) in [6, 6.07) is 7.80. The van der Waals surface area contributed by atoms with Gasteiger partial charge in [-0.3, -0.25) is 0 Å². The van der Waals surface area contributed by atoms with Gasteiger partial charge in [-0.15, -0.1) is 0 Å². The third-order valence-electron chi connectivity index (χ3n) is 3.03. The van der Waals surface area contributed by atoms with Gasteiger partial charge in [-0.1, -0.05) is 59.4 Å². The van der Waals surface area contributed by atoms with E-state index in [0.717, 1.165) is 39.6 Å². The van der Waals surface area contributed by atoms with Gasteiger partial charge in [0.1, 0.15) is 0 Å². The average Bonchev–Trinajstić information content (AvgIpc) is 2.82. The molecule has 2 aromatic rings. The molecule has 0 saturated carbocycles. The molecule has 1 aliphatic rings. The summed E-state index contributed by atoms with van der Waals surface area (Å²) in [5.41, 5.74) is 8.95. The first-order valence-corrected chi connectivity index (χ1v) is 7.33. The fourth-order valence-electron chi connectivity index (χ4n) is 2.15. The van der Waals surface area contributed by atoms with Gasteiger partial charge in [0.25, 0.3) is 0 Å². The molecule has 0 aliphatic heterocycles. The lowest BCUT2D eigenvalue weighted by Crippen LogP contribution is -1.90. The number of benzene rings is 1. The zero-order valence-corrected chi connectivity index (χ0v) is 11.8. The van der Waals surface area contributed by atoms with Gasteiger partial charge in [0, 0.05) is 10.6 Å². The normalized spacial score (nSPS) is 14.5. The van der Waals surface area contributed by atoms with Crippen molar-refractivity contribution in [2.75, 3.05) is 5.73 Å². The Morgan fingerprint density at radius 2 is 2.05 bits per heavy atom. The molecule has 0 saturated heterocycles. The number of aromatic nitrogens is 1. The minimum atomic E-state index is 0.574. The highest BCUT2D eigenvalue weighted by molar-refractivity contribution is 7.19. The molecule has 1 aliphatic carbocycles. The van der Waals surface area contributed by atoms with Crippen LogP contribution >= 0.6 is 22.9 Å². The Hall–Kier alpha value is -1.58. The Kier molecular flexibility index (Phi) is 3.40. The molecule has 0 atom stereocenters. The van der Waals surface area contributed by atoms with Gasteiger partial charge in [0.15, 0.2) is 5.13 Å². The van der Waals surface area contributed by atoms with Crippen LogP contribution in [-0.4, -0.2) is 4.98 Å². The van der Waals surface area contributed by atoms with Gasteiger partial charge < -0.3 is 5.73 Å². The first kappa shape index (κ1) is 12.5. The second-order valence-corrected chi connectivity index (χ2v) is 5.79. The maximum Gasteiger partial charge on any atom is 0.181 e. The topological polar surface area (TPSA) is 38.9 Å². The van der Waals surface area contributed by atoms with E-state index >= 15 is 0 Å². The highest BCUT2D eigenvalue weighted by atomic mass is 35.5. The Balaban J connectivity index is 2.15. The molecule has 0 amide bonds. The van der Waals surface area contributed by atoms with Crippen LogP contribution in [0.15, 0.2) is 42.5 Å². The van der Waals surface area contributed by atoms with E-state index in [4.69, 9.17) is 17.3 Å². The number of hydrogen-bond acceptors (Lipinski definition) is 3. The van der Waals surface area contributed by atoms with Crippen LogP contribution in [0.4, 0.5) is 5.13 Å². The Labute approximate surface area is 121 Å². The fourth-order valence-corrected chi connectivity index (χ4v) is 3.33. The van der Waals surface area contributed by atoms with Gasteiger partial charge in [-0.25, -0.2) is 4.98 Å². The monoisotopic (exact) mass is 288 g/mol. The van der Waals surface area contributed by atoms with Gasteiger partial charge in [-0.05, 0) is 24.5 Å². The number of nitrogen functional groups attached to an aromatic ring is 1. The number of nitrogens with zero attached hydrogens (tertiary/aromatic N) is 1. The Morgan fingerprint density at radius 3 is 2.79 bits per heavy atom. The first-order chi connectivity index (χ1) is 9.25. The van der Waals surface area contributed by atoms with Crippen LogP contribution in [0.1, 0.15) is 18.5 Å². The van der Waals surface area contributed by atoms with Crippen molar-refractivity contribution in [2.24, 2.45) is 0 Å². The molecule has 1 aromatic carbocycles. The lowest BCUT2D eigenvalue weighted by Gasteiger charge is -2.08. The van der Waals surface area contributed by atoms with Crippen molar-refractivity contribution in [3.63, 3.8) is 0 Å². The summed E-state index contributed by atoms with van der Waals surface area (Å²) >= 11 is 7.76. The number of thiazole rings is 1. The molecule has 4 heteroatoms. The van der Waals surface area contributed by atoms with E-state index in [-0.39, 0.29) is 0 Å². The molecule has 0 unspecified atom stereocenters. The van der Waals surface area contributed by atoms with E-state index in [9.17, 15) is 0 Å². The number of rotatable bonds is 2. The predicted molar refractivity (Wildman–Crippen MR) is 83.3 cm³/mol. The lowest BCUT2D eigenvalue weighted by molar-refractivity contribution is 1.04. The van der Waals surface area contributed by atoms with Crippen molar-refractivity contribution >= 4 is 33.6 Å². The molecular weight excluding hydrogens is 276 g/mol. The molecule has 19 heavy (non-hydrogen) atoms. The highest BCUT2D eigenvalue weighted by Crippen LogP contribution is 2.39. The van der Waals surface area contributed by atoms with E-state index in [1.807, 2.05) is 24.3 Å². The molecule has 1 heterocycles. The van der Waals surface area contributed by atoms with Crippen molar-refractivity contribution in [3.05, 3.63) is 53.2 Å². The number of anilines is 1. The van der Waals surface area contributed by atoms with E-state index < -0.39 is 0 Å². The number of allylic oxidation sites excluding steroid dienone is 4. The molecule has 0 bridgehead atoms. The average molecular weight is 289 g/mol. The van der Waals surface area contributed by atoms with Crippen molar-refractivity contribution in [3.8, 4) is 10.4 Å². The number of hydrogen-bond donors (Lipinski definition) is 1. The number of halogens is 1. The van der Waals surface area contributed by atoms with Crippen molar-refractivity contribution in [1.82, 2.24) is 4.98 Å². The molecule has 0 radical (unpaired) electrons. The summed E-state index contributed by atoms with van der Waals surface area (Å²) in [6.07, 6.45) is 8.62. The summed E-state index contributed by atoms with van der Waals surface area (Å²) in [4.78, 5) is 5.51. The standard InChI is InChI=1S/C15H13ClN2S/c16-12-9-5-4-8-11(12)14-13(18-15(17)19-14)10-6-2-1-3-7-10/h2,4-9H,1,3H2,(H2,17,18). The maximum atomic E-state index is 6.28. The van der Waals surface area contributed by atoms with Crippen molar-refractivity contribution in [2.45, 2.75) is 12.8 Å². The van der Waals surface area contributed by atoms with Gasteiger partial charge in [-0.2, -0.15) is 0 Å². The van der Waals surface area contributed by atoms with E-state index in [1.54, 1.807) is 0 Å². The summed E-state index contributed by atoms with van der Waals surface area (Å²) in [5.74, 6) is 0. The zero-order valence-electron chi connectivity index (χ0n) is 10.3. The van der Waals surface area contributed by atoms with Crippen LogP contribution in [0.5, 0.6) is 0 Å². The third kappa shape index (κ3) is 2.44. The largest absolute Gasteiger partial charge is 0.375 e. The minimum Gasteiger partial charge on any atom is -0.375 e. The Bertz CT molecular complexity index is 671. The minimum absolute atomic E-state index is 0.574. The molecule has 2 N–H and O–H groups in total. The van der Waals surface area contributed by atoms with E-state index in [1.165, 1.54) is 11.3 Å². The fraction of sp³-hybridized carbons (Fsp3) is 0.133. The molecule has 2 nitrogen and oxygen atoms in total. The summed E-state index contributed by atoms with van der Waals surface area (Å²) in [7, 11) is 0. The molecule has 3 rings (SSSR count). The smallest absolute Gasteiger partial charge is 0.181 e. The molecule has 0 fully saturated rings. The van der Waals surface area contributed by atoms with Crippen LogP contribution < -0.4 is 5.73 Å². The van der Waals surface area contributed by atoms with Crippen LogP contribution in [0.25, 0.3) is 16.0 Å². The van der Waals surface area contributed by atoms with Crippen LogP contribution in [0.2, 0.25) is 5.02 Å². The second-order valence-electron chi connectivity index (χ2n) is 4.35. The van der Waals surface area contributed by atoms with E-state index in [0.29, 0.717) is 5.13 Å². The maximum absolute atomic E-state index is 6.28. The zero-order chi connectivity index (χ0) is 13.2. The van der Waals surface area contributed by atoms with Gasteiger partial charge >= 0.3 is 0 Å². The van der Waals surface area contributed by atoms with Crippen LogP contribution in [0.3, 0.4) is 0 Å². The van der Waals surface area contributed by atoms with Crippen molar-refractivity contribution < 1.29 is 0 Å². The molecular formula is C15H13ClN2S. The Morgan fingerprint density at radius 1 is 1.21 bits per heavy atom.